The summed E-state index contributed by atoms with van der Waals surface area (Å²) in [5, 5.41) is 9.20. The van der Waals surface area contributed by atoms with Crippen LogP contribution in [0.15, 0.2) is 12.2 Å². The van der Waals surface area contributed by atoms with Crippen LogP contribution in [0.1, 0.15) is 13.8 Å². The fourth-order valence-electron chi connectivity index (χ4n) is 1.15. The number of β-amino-alcohol motifs (C(OH)–C–C–N with tert-alkyl or cyclic N) is 1. The number of hydrogen-bond donors (Lipinski definition) is 1. The molecule has 0 aromatic rings. The number of hydrogen-bond acceptors (Lipinski definition) is 2. The van der Waals surface area contributed by atoms with E-state index in [1.807, 2.05) is 12.2 Å². The molecule has 2 nitrogen and oxygen atoms in total. The van der Waals surface area contributed by atoms with Crippen LogP contribution in [0.2, 0.25) is 0 Å². The van der Waals surface area contributed by atoms with E-state index in [-0.39, 0.29) is 6.10 Å². The van der Waals surface area contributed by atoms with Gasteiger partial charge in [-0.2, -0.15) is 0 Å². The van der Waals surface area contributed by atoms with Gasteiger partial charge < -0.3 is 5.11 Å². The fourth-order valence-corrected chi connectivity index (χ4v) is 1.15. The zero-order valence-corrected chi connectivity index (χ0v) is 6.62. The van der Waals surface area contributed by atoms with Crippen molar-refractivity contribution in [3.05, 3.63) is 12.2 Å². The lowest BCUT2D eigenvalue weighted by molar-refractivity contribution is 0.124. The Balaban J connectivity index is 2.44. The highest BCUT2D eigenvalue weighted by atomic mass is 16.3. The van der Waals surface area contributed by atoms with Gasteiger partial charge in [-0.3, -0.25) is 4.90 Å². The molecule has 1 atom stereocenters. The molecule has 0 aromatic heterocycles. The molecule has 1 rings (SSSR count). The summed E-state index contributed by atoms with van der Waals surface area (Å²) in [6, 6.07) is 0.541. The molecule has 0 radical (unpaired) electrons. The number of rotatable bonds is 1. The van der Waals surface area contributed by atoms with Gasteiger partial charge in [-0.05, 0) is 13.8 Å². The standard InChI is InChI=1S/C8H15NO/c1-7(2)9-5-3-4-8(10)6-9/h3-4,7-8,10H,5-6H2,1-2H3. The van der Waals surface area contributed by atoms with Crippen LogP contribution in [0.25, 0.3) is 0 Å². The summed E-state index contributed by atoms with van der Waals surface area (Å²) in [5.74, 6) is 0. The maximum absolute atomic E-state index is 9.20. The molecule has 1 heterocycles. The minimum atomic E-state index is -0.254. The average Bonchev–Trinajstić information content (AvgIpc) is 1.88. The smallest absolute Gasteiger partial charge is 0.0848 e. The van der Waals surface area contributed by atoms with Crippen molar-refractivity contribution in [2.24, 2.45) is 0 Å². The van der Waals surface area contributed by atoms with Gasteiger partial charge in [0, 0.05) is 19.1 Å². The summed E-state index contributed by atoms with van der Waals surface area (Å²) in [5.41, 5.74) is 0. The third-order valence-corrected chi connectivity index (χ3v) is 1.85. The molecule has 0 aromatic carbocycles. The predicted molar refractivity (Wildman–Crippen MR) is 41.9 cm³/mol. The lowest BCUT2D eigenvalue weighted by atomic mass is 10.2. The lowest BCUT2D eigenvalue weighted by Crippen LogP contribution is -2.39. The molecule has 0 aliphatic carbocycles. The molecule has 10 heavy (non-hydrogen) atoms. The van der Waals surface area contributed by atoms with Gasteiger partial charge in [-0.1, -0.05) is 12.2 Å². The summed E-state index contributed by atoms with van der Waals surface area (Å²) in [7, 11) is 0. The van der Waals surface area contributed by atoms with Gasteiger partial charge in [0.15, 0.2) is 0 Å². The van der Waals surface area contributed by atoms with E-state index < -0.39 is 0 Å². The van der Waals surface area contributed by atoms with E-state index >= 15 is 0 Å². The van der Waals surface area contributed by atoms with Crippen molar-refractivity contribution in [3.63, 3.8) is 0 Å². The Hall–Kier alpha value is -0.340. The van der Waals surface area contributed by atoms with Crippen molar-refractivity contribution in [2.75, 3.05) is 13.1 Å². The summed E-state index contributed by atoms with van der Waals surface area (Å²) in [4.78, 5) is 2.24. The fraction of sp³-hybridized carbons (Fsp3) is 0.750. The highest BCUT2D eigenvalue weighted by Gasteiger charge is 2.14. The van der Waals surface area contributed by atoms with Crippen LogP contribution in [-0.4, -0.2) is 35.2 Å². The van der Waals surface area contributed by atoms with Crippen molar-refractivity contribution in [1.82, 2.24) is 4.90 Å². The lowest BCUT2D eigenvalue weighted by Gasteiger charge is -2.29. The maximum Gasteiger partial charge on any atom is 0.0848 e. The van der Waals surface area contributed by atoms with Crippen LogP contribution < -0.4 is 0 Å². The predicted octanol–water partition coefficient (Wildman–Crippen LogP) is 0.627. The molecule has 1 N–H and O–H groups in total. The number of aliphatic hydroxyl groups excluding tert-OH is 1. The van der Waals surface area contributed by atoms with Crippen molar-refractivity contribution in [2.45, 2.75) is 26.0 Å². The molecule has 1 aliphatic rings. The first-order chi connectivity index (χ1) is 4.70. The molecule has 0 bridgehead atoms. The Labute approximate surface area is 62.2 Å². The number of nitrogens with zero attached hydrogens (tertiary/aromatic N) is 1. The van der Waals surface area contributed by atoms with Gasteiger partial charge in [-0.15, -0.1) is 0 Å². The Kier molecular flexibility index (Phi) is 2.46. The SMILES string of the molecule is CC(C)N1CC=CC(O)C1. The molecule has 1 unspecified atom stereocenters. The van der Waals surface area contributed by atoms with Crippen molar-refractivity contribution in [1.29, 1.82) is 0 Å². The molecule has 0 fully saturated rings. The van der Waals surface area contributed by atoms with Crippen LogP contribution in [0, 0.1) is 0 Å². The van der Waals surface area contributed by atoms with E-state index in [1.54, 1.807) is 0 Å². The molecule has 2 heteroatoms. The van der Waals surface area contributed by atoms with E-state index in [0.717, 1.165) is 13.1 Å². The minimum absolute atomic E-state index is 0.254. The first kappa shape index (κ1) is 7.76. The van der Waals surface area contributed by atoms with Gasteiger partial charge >= 0.3 is 0 Å². The molecule has 58 valence electrons. The van der Waals surface area contributed by atoms with Crippen LogP contribution >= 0.6 is 0 Å². The van der Waals surface area contributed by atoms with Crippen molar-refractivity contribution < 1.29 is 5.11 Å². The molecule has 0 amide bonds. The second-order valence-corrected chi connectivity index (χ2v) is 3.04. The molecular weight excluding hydrogens is 126 g/mol. The quantitative estimate of drug-likeness (QED) is 0.541. The van der Waals surface area contributed by atoms with Gasteiger partial charge in [0.05, 0.1) is 6.10 Å². The van der Waals surface area contributed by atoms with E-state index in [0.29, 0.717) is 6.04 Å². The second-order valence-electron chi connectivity index (χ2n) is 3.04. The Morgan fingerprint density at radius 2 is 2.30 bits per heavy atom. The van der Waals surface area contributed by atoms with E-state index in [4.69, 9.17) is 0 Å². The first-order valence-corrected chi connectivity index (χ1v) is 3.79. The van der Waals surface area contributed by atoms with Crippen LogP contribution in [0.3, 0.4) is 0 Å². The molecule has 0 saturated carbocycles. The summed E-state index contributed by atoms with van der Waals surface area (Å²) >= 11 is 0. The average molecular weight is 141 g/mol. The van der Waals surface area contributed by atoms with E-state index in [2.05, 4.69) is 18.7 Å². The highest BCUT2D eigenvalue weighted by Crippen LogP contribution is 2.05. The minimum Gasteiger partial charge on any atom is -0.388 e. The summed E-state index contributed by atoms with van der Waals surface area (Å²) < 4.78 is 0. The zero-order valence-electron chi connectivity index (χ0n) is 6.62. The Bertz CT molecular complexity index is 131. The van der Waals surface area contributed by atoms with Gasteiger partial charge in [0.1, 0.15) is 0 Å². The molecule has 0 spiro atoms. The van der Waals surface area contributed by atoms with Gasteiger partial charge in [0.25, 0.3) is 0 Å². The summed E-state index contributed by atoms with van der Waals surface area (Å²) in [6.07, 6.45) is 3.63. The largest absolute Gasteiger partial charge is 0.388 e. The van der Waals surface area contributed by atoms with Crippen LogP contribution in [0.4, 0.5) is 0 Å². The van der Waals surface area contributed by atoms with Crippen LogP contribution in [0.5, 0.6) is 0 Å². The van der Waals surface area contributed by atoms with E-state index in [9.17, 15) is 5.11 Å². The normalized spacial score (nSPS) is 27.8. The maximum atomic E-state index is 9.20. The number of aliphatic hydroxyl groups is 1. The monoisotopic (exact) mass is 141 g/mol. The Morgan fingerprint density at radius 1 is 1.60 bits per heavy atom. The van der Waals surface area contributed by atoms with Crippen molar-refractivity contribution in [3.8, 4) is 0 Å². The first-order valence-electron chi connectivity index (χ1n) is 3.79. The molecular formula is C8H15NO. The topological polar surface area (TPSA) is 23.5 Å². The van der Waals surface area contributed by atoms with Crippen molar-refractivity contribution >= 4 is 0 Å². The Morgan fingerprint density at radius 3 is 2.70 bits per heavy atom. The highest BCUT2D eigenvalue weighted by molar-refractivity contribution is 4.97. The van der Waals surface area contributed by atoms with E-state index in [1.165, 1.54) is 0 Å². The third-order valence-electron chi connectivity index (χ3n) is 1.85. The third kappa shape index (κ3) is 1.82. The van der Waals surface area contributed by atoms with Crippen LogP contribution in [-0.2, 0) is 0 Å². The zero-order chi connectivity index (χ0) is 7.56. The van der Waals surface area contributed by atoms with Gasteiger partial charge in [-0.25, -0.2) is 0 Å². The summed E-state index contributed by atoms with van der Waals surface area (Å²) in [6.45, 7) is 6.06. The van der Waals surface area contributed by atoms with Gasteiger partial charge in [0.2, 0.25) is 0 Å². The molecule has 0 saturated heterocycles. The molecule has 1 aliphatic heterocycles. The second kappa shape index (κ2) is 3.17.